The molecule has 2 aromatic carbocycles. The van der Waals surface area contributed by atoms with Crippen LogP contribution in [-0.2, 0) is 13.0 Å². The van der Waals surface area contributed by atoms with Crippen molar-refractivity contribution in [2.75, 3.05) is 11.6 Å². The van der Waals surface area contributed by atoms with Crippen LogP contribution in [0.5, 0.6) is 5.75 Å². The van der Waals surface area contributed by atoms with Gasteiger partial charge in [0.05, 0.1) is 17.1 Å². The molecular weight excluding hydrogens is 361 g/mol. The lowest BCUT2D eigenvalue weighted by atomic mass is 10.0. The molecule has 2 heterocycles. The van der Waals surface area contributed by atoms with E-state index in [1.807, 2.05) is 42.2 Å². The molecule has 0 bridgehead atoms. The van der Waals surface area contributed by atoms with E-state index in [0.29, 0.717) is 34.7 Å². The standard InChI is InChI=1S/C19H15Cl2NO3/c1-2-11-7-17(23)25-18-14(11)8-16(21)19-15(18)9-22(10-24-19)13-5-3-12(20)4-6-13/h3-8H,2,9-10H2,1H3. The van der Waals surface area contributed by atoms with Crippen molar-refractivity contribution in [1.82, 2.24) is 0 Å². The molecule has 3 aromatic rings. The molecule has 128 valence electrons. The minimum Gasteiger partial charge on any atom is -0.471 e. The highest BCUT2D eigenvalue weighted by molar-refractivity contribution is 6.33. The molecule has 0 fully saturated rings. The van der Waals surface area contributed by atoms with Crippen LogP contribution in [0.25, 0.3) is 11.0 Å². The molecule has 0 atom stereocenters. The molecule has 1 aromatic heterocycles. The van der Waals surface area contributed by atoms with Gasteiger partial charge < -0.3 is 14.1 Å². The van der Waals surface area contributed by atoms with Crippen molar-refractivity contribution in [3.05, 3.63) is 68.0 Å². The molecule has 1 aliphatic rings. The molecule has 0 radical (unpaired) electrons. The maximum atomic E-state index is 12.0. The van der Waals surface area contributed by atoms with Crippen LogP contribution in [0.15, 0.2) is 45.6 Å². The zero-order chi connectivity index (χ0) is 17.6. The summed E-state index contributed by atoms with van der Waals surface area (Å²) in [5.74, 6) is 0.579. The number of aryl methyl sites for hydroxylation is 1. The summed E-state index contributed by atoms with van der Waals surface area (Å²) in [6.07, 6.45) is 0.721. The lowest BCUT2D eigenvalue weighted by molar-refractivity contribution is 0.289. The number of rotatable bonds is 2. The summed E-state index contributed by atoms with van der Waals surface area (Å²) in [5.41, 5.74) is 2.85. The average Bonchev–Trinajstić information content (AvgIpc) is 2.62. The van der Waals surface area contributed by atoms with Gasteiger partial charge in [-0.15, -0.1) is 0 Å². The lowest BCUT2D eigenvalue weighted by Gasteiger charge is -2.31. The summed E-state index contributed by atoms with van der Waals surface area (Å²) in [6, 6.07) is 10.9. The van der Waals surface area contributed by atoms with Gasteiger partial charge in [0.1, 0.15) is 11.3 Å². The number of ether oxygens (including phenoxy) is 1. The van der Waals surface area contributed by atoms with Crippen LogP contribution in [0.1, 0.15) is 18.1 Å². The largest absolute Gasteiger partial charge is 0.471 e. The van der Waals surface area contributed by atoms with Gasteiger partial charge in [0, 0.05) is 22.2 Å². The zero-order valence-corrected chi connectivity index (χ0v) is 15.0. The molecule has 0 saturated heterocycles. The molecule has 0 N–H and O–H groups in total. The predicted octanol–water partition coefficient (Wildman–Crippen LogP) is 5.02. The van der Waals surface area contributed by atoms with E-state index in [1.54, 1.807) is 0 Å². The van der Waals surface area contributed by atoms with E-state index in [9.17, 15) is 4.79 Å². The van der Waals surface area contributed by atoms with Crippen LogP contribution in [0, 0.1) is 0 Å². The third-order valence-corrected chi connectivity index (χ3v) is 4.94. The second kappa shape index (κ2) is 6.28. The van der Waals surface area contributed by atoms with E-state index in [4.69, 9.17) is 32.4 Å². The zero-order valence-electron chi connectivity index (χ0n) is 13.5. The Bertz CT molecular complexity index is 1010. The maximum absolute atomic E-state index is 12.0. The highest BCUT2D eigenvalue weighted by Crippen LogP contribution is 2.40. The van der Waals surface area contributed by atoms with Crippen LogP contribution < -0.4 is 15.3 Å². The summed E-state index contributed by atoms with van der Waals surface area (Å²) in [6.45, 7) is 2.89. The highest BCUT2D eigenvalue weighted by atomic mass is 35.5. The van der Waals surface area contributed by atoms with Crippen LogP contribution >= 0.6 is 23.2 Å². The Labute approximate surface area is 154 Å². The number of halogens is 2. The van der Waals surface area contributed by atoms with Crippen molar-refractivity contribution < 1.29 is 9.15 Å². The Kier molecular flexibility index (Phi) is 4.10. The Morgan fingerprint density at radius 2 is 1.92 bits per heavy atom. The first-order chi connectivity index (χ1) is 12.1. The third kappa shape index (κ3) is 2.86. The Hall–Kier alpha value is -2.17. The van der Waals surface area contributed by atoms with Crippen molar-refractivity contribution >= 4 is 39.9 Å². The number of hydrogen-bond acceptors (Lipinski definition) is 4. The molecular formula is C19H15Cl2NO3. The van der Waals surface area contributed by atoms with Crippen molar-refractivity contribution in [2.24, 2.45) is 0 Å². The van der Waals surface area contributed by atoms with Gasteiger partial charge in [0.2, 0.25) is 0 Å². The molecule has 0 amide bonds. The van der Waals surface area contributed by atoms with Crippen molar-refractivity contribution in [1.29, 1.82) is 0 Å². The first kappa shape index (κ1) is 16.3. The molecule has 0 unspecified atom stereocenters. The number of fused-ring (bicyclic) bond motifs is 3. The van der Waals surface area contributed by atoms with Gasteiger partial charge in [-0.2, -0.15) is 0 Å². The molecule has 0 saturated carbocycles. The van der Waals surface area contributed by atoms with E-state index in [1.165, 1.54) is 6.07 Å². The van der Waals surface area contributed by atoms with Gasteiger partial charge in [-0.3, -0.25) is 0 Å². The first-order valence-corrected chi connectivity index (χ1v) is 8.74. The smallest absolute Gasteiger partial charge is 0.336 e. The van der Waals surface area contributed by atoms with Crippen molar-refractivity contribution in [3.63, 3.8) is 0 Å². The Morgan fingerprint density at radius 3 is 2.64 bits per heavy atom. The van der Waals surface area contributed by atoms with Crippen LogP contribution in [0.2, 0.25) is 10.0 Å². The molecule has 4 nitrogen and oxygen atoms in total. The molecule has 25 heavy (non-hydrogen) atoms. The number of nitrogens with zero attached hydrogens (tertiary/aromatic N) is 1. The van der Waals surface area contributed by atoms with Crippen molar-refractivity contribution in [2.45, 2.75) is 19.9 Å². The van der Waals surface area contributed by atoms with E-state index in [0.717, 1.165) is 28.6 Å². The molecule has 4 rings (SSSR count). The van der Waals surface area contributed by atoms with Gasteiger partial charge in [0.25, 0.3) is 0 Å². The number of hydrogen-bond donors (Lipinski definition) is 0. The molecule has 6 heteroatoms. The second-order valence-electron chi connectivity index (χ2n) is 5.93. The topological polar surface area (TPSA) is 42.7 Å². The summed E-state index contributed by atoms with van der Waals surface area (Å²) in [5, 5.41) is 2.06. The van der Waals surface area contributed by atoms with E-state index < -0.39 is 0 Å². The van der Waals surface area contributed by atoms with E-state index in [-0.39, 0.29) is 5.63 Å². The van der Waals surface area contributed by atoms with Gasteiger partial charge >= 0.3 is 5.63 Å². The highest BCUT2D eigenvalue weighted by Gasteiger charge is 2.25. The van der Waals surface area contributed by atoms with E-state index >= 15 is 0 Å². The minimum absolute atomic E-state index is 0.359. The fourth-order valence-electron chi connectivity index (χ4n) is 3.16. The number of anilines is 1. The minimum atomic E-state index is -0.363. The van der Waals surface area contributed by atoms with Crippen LogP contribution in [0.4, 0.5) is 5.69 Å². The summed E-state index contributed by atoms with van der Waals surface area (Å²) in [7, 11) is 0. The summed E-state index contributed by atoms with van der Waals surface area (Å²) >= 11 is 12.4. The average molecular weight is 376 g/mol. The molecule has 1 aliphatic heterocycles. The van der Waals surface area contributed by atoms with Gasteiger partial charge in [-0.05, 0) is 42.3 Å². The normalized spacial score (nSPS) is 13.6. The fraction of sp³-hybridized carbons (Fsp3) is 0.211. The van der Waals surface area contributed by atoms with Gasteiger partial charge in [-0.1, -0.05) is 30.1 Å². The molecule has 0 aliphatic carbocycles. The first-order valence-electron chi connectivity index (χ1n) is 7.98. The summed E-state index contributed by atoms with van der Waals surface area (Å²) < 4.78 is 11.4. The fourth-order valence-corrected chi connectivity index (χ4v) is 3.57. The monoisotopic (exact) mass is 375 g/mol. The lowest BCUT2D eigenvalue weighted by Crippen LogP contribution is -2.32. The third-order valence-electron chi connectivity index (χ3n) is 4.41. The SMILES string of the molecule is CCc1cc(=O)oc2c3c(c(Cl)cc12)OCN(c1ccc(Cl)cc1)C3. The predicted molar refractivity (Wildman–Crippen MR) is 100 cm³/mol. The molecule has 0 spiro atoms. The second-order valence-corrected chi connectivity index (χ2v) is 6.78. The van der Waals surface area contributed by atoms with Crippen LogP contribution in [0.3, 0.4) is 0 Å². The summed E-state index contributed by atoms with van der Waals surface area (Å²) in [4.78, 5) is 14.0. The number of benzene rings is 2. The maximum Gasteiger partial charge on any atom is 0.336 e. The van der Waals surface area contributed by atoms with Gasteiger partial charge in [-0.25, -0.2) is 4.79 Å². The van der Waals surface area contributed by atoms with Gasteiger partial charge in [0.15, 0.2) is 6.73 Å². The van der Waals surface area contributed by atoms with Crippen molar-refractivity contribution in [3.8, 4) is 5.75 Å². The van der Waals surface area contributed by atoms with Crippen LogP contribution in [-0.4, -0.2) is 6.73 Å². The Balaban J connectivity index is 1.87. The Morgan fingerprint density at radius 1 is 1.16 bits per heavy atom. The van der Waals surface area contributed by atoms with E-state index in [2.05, 4.69) is 0 Å². The quantitative estimate of drug-likeness (QED) is 0.589.